The van der Waals surface area contributed by atoms with E-state index in [0.29, 0.717) is 6.04 Å². The van der Waals surface area contributed by atoms with Crippen LogP contribution in [0.2, 0.25) is 0 Å². The highest BCUT2D eigenvalue weighted by molar-refractivity contribution is 8.00. The molecule has 1 heterocycles. The van der Waals surface area contributed by atoms with Crippen molar-refractivity contribution in [3.8, 4) is 0 Å². The van der Waals surface area contributed by atoms with Crippen molar-refractivity contribution in [3.63, 3.8) is 0 Å². The van der Waals surface area contributed by atoms with Crippen LogP contribution in [0.3, 0.4) is 0 Å². The Labute approximate surface area is 112 Å². The van der Waals surface area contributed by atoms with Crippen LogP contribution in [-0.2, 0) is 0 Å². The minimum absolute atomic E-state index is 0.625. The van der Waals surface area contributed by atoms with E-state index in [4.69, 9.17) is 0 Å². The number of hydrogen-bond donors (Lipinski definition) is 1. The minimum Gasteiger partial charge on any atom is -0.381 e. The van der Waals surface area contributed by atoms with Crippen LogP contribution >= 0.6 is 23.5 Å². The van der Waals surface area contributed by atoms with Gasteiger partial charge in [0, 0.05) is 33.4 Å². The molecule has 2 unspecified atom stereocenters. The average molecular weight is 265 g/mol. The highest BCUT2D eigenvalue weighted by Crippen LogP contribution is 2.32. The van der Waals surface area contributed by atoms with Crippen molar-refractivity contribution in [2.45, 2.75) is 29.5 Å². The first kappa shape index (κ1) is 12.9. The molecule has 0 radical (unpaired) electrons. The van der Waals surface area contributed by atoms with E-state index in [1.54, 1.807) is 0 Å². The van der Waals surface area contributed by atoms with Crippen molar-refractivity contribution < 1.29 is 0 Å². The van der Waals surface area contributed by atoms with Gasteiger partial charge in [0.05, 0.1) is 0 Å². The minimum atomic E-state index is 0.625. The zero-order chi connectivity index (χ0) is 12.1. The molecule has 2 atom stereocenters. The summed E-state index contributed by atoms with van der Waals surface area (Å²) in [6.07, 6.45) is 3.22. The van der Waals surface area contributed by atoms with Crippen molar-refractivity contribution >= 4 is 29.2 Å². The van der Waals surface area contributed by atoms with E-state index in [1.165, 1.54) is 22.8 Å². The third-order valence-corrected chi connectivity index (χ3v) is 5.23. The molecule has 0 bridgehead atoms. The molecular formula is C14H19NS2. The van der Waals surface area contributed by atoms with Gasteiger partial charge in [-0.25, -0.2) is 0 Å². The summed E-state index contributed by atoms with van der Waals surface area (Å²) in [7, 11) is 0. The topological polar surface area (TPSA) is 12.0 Å². The van der Waals surface area contributed by atoms with Crippen LogP contribution in [0.4, 0.5) is 5.69 Å². The smallest absolute Gasteiger partial charge is 0.0480 e. The molecule has 0 spiro atoms. The summed E-state index contributed by atoms with van der Waals surface area (Å²) in [5.74, 6) is 2.19. The number of hydrogen-bond acceptors (Lipinski definition) is 3. The Balaban J connectivity index is 2.01. The maximum absolute atomic E-state index is 3.77. The molecule has 92 valence electrons. The van der Waals surface area contributed by atoms with Gasteiger partial charge in [-0.1, -0.05) is 25.1 Å². The van der Waals surface area contributed by atoms with E-state index in [0.717, 1.165) is 11.0 Å². The Morgan fingerprint density at radius 1 is 1.53 bits per heavy atom. The van der Waals surface area contributed by atoms with Gasteiger partial charge in [0.25, 0.3) is 0 Å². The van der Waals surface area contributed by atoms with Crippen molar-refractivity contribution in [2.24, 2.45) is 0 Å². The van der Waals surface area contributed by atoms with Crippen LogP contribution in [0.5, 0.6) is 0 Å². The summed E-state index contributed by atoms with van der Waals surface area (Å²) in [6.45, 7) is 6.08. The molecule has 0 amide bonds. The fraction of sp³-hybridized carbons (Fsp3) is 0.429. The molecule has 1 N–H and O–H groups in total. The van der Waals surface area contributed by atoms with E-state index in [9.17, 15) is 0 Å². The fourth-order valence-electron chi connectivity index (χ4n) is 2.00. The van der Waals surface area contributed by atoms with Crippen molar-refractivity contribution in [3.05, 3.63) is 36.9 Å². The van der Waals surface area contributed by atoms with E-state index in [2.05, 4.69) is 54.8 Å². The van der Waals surface area contributed by atoms with Crippen molar-refractivity contribution in [1.82, 2.24) is 0 Å². The monoisotopic (exact) mass is 265 g/mol. The van der Waals surface area contributed by atoms with Crippen LogP contribution in [0.25, 0.3) is 0 Å². The molecule has 1 nitrogen and oxygen atoms in total. The maximum Gasteiger partial charge on any atom is 0.0480 e. The Morgan fingerprint density at radius 2 is 2.35 bits per heavy atom. The lowest BCUT2D eigenvalue weighted by molar-refractivity contribution is 0.745. The molecule has 0 saturated carbocycles. The van der Waals surface area contributed by atoms with Crippen LogP contribution in [-0.4, -0.2) is 22.8 Å². The van der Waals surface area contributed by atoms with Gasteiger partial charge in [-0.2, -0.15) is 11.8 Å². The number of para-hydroxylation sites is 1. The van der Waals surface area contributed by atoms with E-state index < -0.39 is 0 Å². The highest BCUT2D eigenvalue weighted by atomic mass is 32.2. The van der Waals surface area contributed by atoms with Gasteiger partial charge in [0.2, 0.25) is 0 Å². The number of nitrogens with one attached hydrogen (secondary N) is 1. The Bertz CT molecular complexity index is 378. The van der Waals surface area contributed by atoms with E-state index in [1.807, 2.05) is 17.8 Å². The number of benzene rings is 1. The number of anilines is 1. The first-order valence-electron chi connectivity index (χ1n) is 6.00. The van der Waals surface area contributed by atoms with Gasteiger partial charge in [0.1, 0.15) is 0 Å². The van der Waals surface area contributed by atoms with Gasteiger partial charge in [-0.3, -0.25) is 0 Å². The van der Waals surface area contributed by atoms with E-state index >= 15 is 0 Å². The second-order valence-electron chi connectivity index (χ2n) is 4.32. The van der Waals surface area contributed by atoms with E-state index in [-0.39, 0.29) is 0 Å². The molecule has 0 aromatic heterocycles. The van der Waals surface area contributed by atoms with Crippen molar-refractivity contribution in [1.29, 1.82) is 0 Å². The van der Waals surface area contributed by atoms with Gasteiger partial charge < -0.3 is 5.32 Å². The van der Waals surface area contributed by atoms with Gasteiger partial charge >= 0.3 is 0 Å². The summed E-state index contributed by atoms with van der Waals surface area (Å²) < 4.78 is 0. The molecule has 1 saturated heterocycles. The summed E-state index contributed by atoms with van der Waals surface area (Å²) in [5.41, 5.74) is 1.28. The lowest BCUT2D eigenvalue weighted by atomic mass is 10.2. The SMILES string of the molecule is C=CCSc1ccccc1NC1CSC(C)C1. The molecule has 1 fully saturated rings. The van der Waals surface area contributed by atoms with Gasteiger partial charge in [-0.05, 0) is 18.6 Å². The standard InChI is InChI=1S/C14H19NS2/c1-3-8-16-14-7-5-4-6-13(14)15-12-9-11(2)17-10-12/h3-7,11-12,15H,1,8-10H2,2H3. The normalized spacial score (nSPS) is 23.6. The van der Waals surface area contributed by atoms with Crippen LogP contribution in [0.15, 0.2) is 41.8 Å². The Morgan fingerprint density at radius 3 is 3.06 bits per heavy atom. The summed E-state index contributed by atoms with van der Waals surface area (Å²) >= 11 is 3.91. The second-order valence-corrected chi connectivity index (χ2v) is 6.85. The van der Waals surface area contributed by atoms with Crippen LogP contribution in [0.1, 0.15) is 13.3 Å². The first-order valence-corrected chi connectivity index (χ1v) is 8.04. The average Bonchev–Trinajstić information content (AvgIpc) is 2.74. The van der Waals surface area contributed by atoms with Crippen molar-refractivity contribution in [2.75, 3.05) is 16.8 Å². The molecule has 1 aromatic carbocycles. The predicted octanol–water partition coefficient (Wildman–Crippen LogP) is 4.27. The molecule has 3 heteroatoms. The lowest BCUT2D eigenvalue weighted by Crippen LogP contribution is -2.19. The fourth-order valence-corrected chi connectivity index (χ4v) is 3.90. The highest BCUT2D eigenvalue weighted by Gasteiger charge is 2.22. The Hall–Kier alpha value is -0.540. The molecule has 17 heavy (non-hydrogen) atoms. The summed E-state index contributed by atoms with van der Waals surface area (Å²) in [4.78, 5) is 1.33. The number of thioether (sulfide) groups is 2. The van der Waals surface area contributed by atoms with Gasteiger partial charge in [-0.15, -0.1) is 18.3 Å². The largest absolute Gasteiger partial charge is 0.381 e. The van der Waals surface area contributed by atoms with Gasteiger partial charge in [0.15, 0.2) is 0 Å². The summed E-state index contributed by atoms with van der Waals surface area (Å²) in [5, 5.41) is 4.46. The molecule has 1 aromatic rings. The third-order valence-electron chi connectivity index (χ3n) is 2.80. The quantitative estimate of drug-likeness (QED) is 0.631. The maximum atomic E-state index is 3.77. The third kappa shape index (κ3) is 3.71. The summed E-state index contributed by atoms with van der Waals surface area (Å²) in [6, 6.07) is 9.19. The molecule has 1 aliphatic rings. The molecular weight excluding hydrogens is 246 g/mol. The zero-order valence-electron chi connectivity index (χ0n) is 10.2. The van der Waals surface area contributed by atoms with Crippen LogP contribution in [0, 0.1) is 0 Å². The predicted molar refractivity (Wildman–Crippen MR) is 81.3 cm³/mol. The first-order chi connectivity index (χ1) is 8.29. The molecule has 0 aliphatic carbocycles. The Kier molecular flexibility index (Phi) is 4.86. The second kappa shape index (κ2) is 6.41. The number of rotatable bonds is 5. The lowest BCUT2D eigenvalue weighted by Gasteiger charge is -2.16. The zero-order valence-corrected chi connectivity index (χ0v) is 11.8. The molecule has 2 rings (SSSR count). The van der Waals surface area contributed by atoms with Crippen LogP contribution < -0.4 is 5.32 Å². The molecule has 1 aliphatic heterocycles.